The average molecular weight is 715 g/mol. The minimum Gasteiger partial charge on any atom is -0.488 e. The number of carbonyl (C=O) groups is 3. The summed E-state index contributed by atoms with van der Waals surface area (Å²) in [5.74, 6) is 0.412. The van der Waals surface area contributed by atoms with Crippen LogP contribution in [0.25, 0.3) is 21.8 Å². The van der Waals surface area contributed by atoms with Gasteiger partial charge in [-0.1, -0.05) is 11.6 Å². The van der Waals surface area contributed by atoms with Gasteiger partial charge in [-0.15, -0.1) is 0 Å². The molecule has 2 aliphatic rings. The Kier molecular flexibility index (Phi) is 10.4. The molecule has 3 N–H and O–H groups in total. The number of carbonyl (C=O) groups excluding carboxylic acids is 3. The number of piperazine rings is 1. The van der Waals surface area contributed by atoms with Gasteiger partial charge in [0.05, 0.1) is 35.4 Å². The molecular weight excluding hydrogens is 676 g/mol. The summed E-state index contributed by atoms with van der Waals surface area (Å²) in [6.07, 6.45) is 3.01. The summed E-state index contributed by atoms with van der Waals surface area (Å²) in [5.41, 5.74) is 4.08. The SMILES string of the molecule is CCOc1cc2cc(Nc3nc(N4CCN(c5ccc6c(C7CCC(=O)NC7=O)nn(C)c6c5)CC4)ncc3Cl)ccc2n(C)c1=O.CNC=O. The molecule has 2 aromatic carbocycles. The molecule has 2 fully saturated rings. The molecule has 2 saturated heterocycles. The van der Waals surface area contributed by atoms with Gasteiger partial charge >= 0.3 is 0 Å². The van der Waals surface area contributed by atoms with Crippen molar-refractivity contribution in [1.29, 1.82) is 0 Å². The highest BCUT2D eigenvalue weighted by atomic mass is 35.5. The lowest BCUT2D eigenvalue weighted by Crippen LogP contribution is -2.47. The van der Waals surface area contributed by atoms with Crippen LogP contribution < -0.4 is 36.0 Å². The molecule has 5 aromatic rings. The van der Waals surface area contributed by atoms with Crippen LogP contribution in [0.3, 0.4) is 0 Å². The second kappa shape index (κ2) is 15.0. The van der Waals surface area contributed by atoms with Crippen molar-refractivity contribution in [3.8, 4) is 5.75 Å². The van der Waals surface area contributed by atoms with Gasteiger partial charge in [-0.3, -0.25) is 29.2 Å². The number of halogens is 1. The van der Waals surface area contributed by atoms with Gasteiger partial charge < -0.3 is 29.7 Å². The van der Waals surface area contributed by atoms with Crippen LogP contribution in [0.1, 0.15) is 31.4 Å². The molecule has 0 spiro atoms. The number of piperidine rings is 1. The van der Waals surface area contributed by atoms with Gasteiger partial charge in [0, 0.05) is 75.9 Å². The van der Waals surface area contributed by atoms with Crippen LogP contribution in [0.4, 0.5) is 23.1 Å². The summed E-state index contributed by atoms with van der Waals surface area (Å²) in [4.78, 5) is 59.5. The number of aromatic nitrogens is 5. The zero-order valence-electron chi connectivity index (χ0n) is 28.8. The highest BCUT2D eigenvalue weighted by Gasteiger charge is 2.32. The van der Waals surface area contributed by atoms with Gasteiger partial charge in [-0.2, -0.15) is 10.1 Å². The number of hydrogen-bond donors (Lipinski definition) is 3. The fraction of sp³-hybridized carbons (Fsp3) is 0.343. The van der Waals surface area contributed by atoms with Gasteiger partial charge in [0.25, 0.3) is 5.56 Å². The van der Waals surface area contributed by atoms with Gasteiger partial charge in [-0.05, 0) is 55.8 Å². The van der Waals surface area contributed by atoms with E-state index in [1.165, 1.54) is 0 Å². The van der Waals surface area contributed by atoms with E-state index >= 15 is 0 Å². The predicted octanol–water partition coefficient (Wildman–Crippen LogP) is 3.22. The Labute approximate surface area is 298 Å². The lowest BCUT2D eigenvalue weighted by molar-refractivity contribution is -0.134. The number of imide groups is 1. The summed E-state index contributed by atoms with van der Waals surface area (Å²) < 4.78 is 8.93. The Morgan fingerprint density at radius 1 is 1.02 bits per heavy atom. The van der Waals surface area contributed by atoms with E-state index in [4.69, 9.17) is 26.1 Å². The molecule has 2 aliphatic heterocycles. The Hall–Kier alpha value is -5.70. The Morgan fingerprint density at radius 2 is 1.76 bits per heavy atom. The molecule has 266 valence electrons. The number of ether oxygens (including phenoxy) is 1. The molecule has 0 aliphatic carbocycles. The maximum absolute atomic E-state index is 12.6. The Balaban J connectivity index is 0.00000107. The van der Waals surface area contributed by atoms with Crippen LogP contribution in [0.15, 0.2) is 53.5 Å². The maximum Gasteiger partial charge on any atom is 0.293 e. The molecule has 0 bridgehead atoms. The highest BCUT2D eigenvalue weighted by Crippen LogP contribution is 2.33. The third-order valence-corrected chi connectivity index (χ3v) is 9.24. The normalized spacial score (nSPS) is 16.1. The lowest BCUT2D eigenvalue weighted by Gasteiger charge is -2.36. The zero-order valence-corrected chi connectivity index (χ0v) is 29.5. The monoisotopic (exact) mass is 714 g/mol. The fourth-order valence-electron chi connectivity index (χ4n) is 6.37. The van der Waals surface area contributed by atoms with Crippen molar-refractivity contribution in [2.75, 3.05) is 55.0 Å². The molecule has 5 heterocycles. The number of amides is 3. The summed E-state index contributed by atoms with van der Waals surface area (Å²) in [7, 11) is 5.17. The molecule has 51 heavy (non-hydrogen) atoms. The smallest absolute Gasteiger partial charge is 0.293 e. The van der Waals surface area contributed by atoms with Crippen molar-refractivity contribution in [1.82, 2.24) is 34.9 Å². The van der Waals surface area contributed by atoms with E-state index in [1.807, 2.05) is 38.2 Å². The number of hydrogen-bond acceptors (Lipinski definition) is 11. The van der Waals surface area contributed by atoms with Gasteiger partial charge in [0.1, 0.15) is 5.02 Å². The van der Waals surface area contributed by atoms with Gasteiger partial charge in [0.15, 0.2) is 11.6 Å². The van der Waals surface area contributed by atoms with E-state index in [0.717, 1.165) is 46.3 Å². The van der Waals surface area contributed by atoms with E-state index in [1.54, 1.807) is 35.6 Å². The molecule has 1 atom stereocenters. The first-order valence-electron chi connectivity index (χ1n) is 16.6. The van der Waals surface area contributed by atoms with Crippen molar-refractivity contribution < 1.29 is 19.1 Å². The van der Waals surface area contributed by atoms with Gasteiger partial charge in [-0.25, -0.2) is 4.98 Å². The number of nitrogens with one attached hydrogen (secondary N) is 3. The van der Waals surface area contributed by atoms with Crippen molar-refractivity contribution >= 4 is 74.8 Å². The molecule has 3 aromatic heterocycles. The first-order chi connectivity index (χ1) is 24.6. The Bertz CT molecular complexity index is 2180. The van der Waals surface area contributed by atoms with Crippen molar-refractivity contribution in [2.24, 2.45) is 14.1 Å². The molecule has 3 amide bonds. The summed E-state index contributed by atoms with van der Waals surface area (Å²) in [5, 5.41) is 14.8. The van der Waals surface area contributed by atoms with Crippen LogP contribution in [0.5, 0.6) is 5.75 Å². The number of aryl methyl sites for hydroxylation is 2. The second-order valence-electron chi connectivity index (χ2n) is 12.2. The fourth-order valence-corrected chi connectivity index (χ4v) is 6.51. The van der Waals surface area contributed by atoms with Crippen LogP contribution in [0, 0.1) is 0 Å². The summed E-state index contributed by atoms with van der Waals surface area (Å²) >= 11 is 6.52. The lowest BCUT2D eigenvalue weighted by atomic mass is 9.93. The van der Waals surface area contributed by atoms with Crippen LogP contribution in [-0.4, -0.2) is 82.4 Å². The van der Waals surface area contributed by atoms with Crippen LogP contribution in [0.2, 0.25) is 5.02 Å². The number of nitrogens with zero attached hydrogens (tertiary/aromatic N) is 7. The first-order valence-corrected chi connectivity index (χ1v) is 17.0. The second-order valence-corrected chi connectivity index (χ2v) is 12.6. The van der Waals surface area contributed by atoms with E-state index in [-0.39, 0.29) is 17.4 Å². The number of rotatable bonds is 8. The molecule has 16 heteroatoms. The summed E-state index contributed by atoms with van der Waals surface area (Å²) in [6, 6.07) is 13.6. The topological polar surface area (TPSA) is 169 Å². The average Bonchev–Trinajstić information content (AvgIpc) is 3.46. The minimum atomic E-state index is -0.436. The number of fused-ring (bicyclic) bond motifs is 2. The molecule has 7 rings (SSSR count). The number of anilines is 4. The van der Waals surface area contributed by atoms with E-state index < -0.39 is 5.92 Å². The van der Waals surface area contributed by atoms with E-state index in [0.29, 0.717) is 67.2 Å². The standard InChI is InChI=1S/C33H34ClN9O4.C2H5NO/c1-4-47-27-16-19-15-20(5-9-25(19)40(2)32(27)46)36-30-24(34)18-35-33(38-30)43-13-11-42(12-14-43)21-6-7-22-26(17-21)41(3)39-29(22)23-8-10-28(44)37-31(23)45;1-3-2-4/h5-7,9,15-18,23H,4,8,10-14H2,1-3H3,(H,35,36,38)(H,37,44,45);2H,1H3,(H,3,4). The van der Waals surface area contributed by atoms with Crippen LogP contribution in [-0.2, 0) is 28.5 Å². The molecular formula is C35H39ClN10O5. The zero-order chi connectivity index (χ0) is 36.2. The van der Waals surface area contributed by atoms with Crippen LogP contribution >= 0.6 is 11.6 Å². The first kappa shape index (κ1) is 35.1. The largest absolute Gasteiger partial charge is 0.488 e. The highest BCUT2D eigenvalue weighted by molar-refractivity contribution is 6.33. The summed E-state index contributed by atoms with van der Waals surface area (Å²) in [6.45, 7) is 5.17. The van der Waals surface area contributed by atoms with Crippen molar-refractivity contribution in [2.45, 2.75) is 25.7 Å². The van der Waals surface area contributed by atoms with E-state index in [2.05, 4.69) is 48.0 Å². The third kappa shape index (κ3) is 7.29. The number of pyridine rings is 1. The van der Waals surface area contributed by atoms with Gasteiger partial charge in [0.2, 0.25) is 24.2 Å². The molecule has 0 radical (unpaired) electrons. The molecule has 0 saturated carbocycles. The van der Waals surface area contributed by atoms with Crippen molar-refractivity contribution in [3.05, 3.63) is 69.7 Å². The Morgan fingerprint density at radius 3 is 2.47 bits per heavy atom. The quantitative estimate of drug-likeness (QED) is 0.159. The number of benzene rings is 2. The molecule has 1 unspecified atom stereocenters. The van der Waals surface area contributed by atoms with Crippen molar-refractivity contribution in [3.63, 3.8) is 0 Å². The minimum absolute atomic E-state index is 0.180. The predicted molar refractivity (Wildman–Crippen MR) is 196 cm³/mol. The third-order valence-electron chi connectivity index (χ3n) is 8.96. The van der Waals surface area contributed by atoms with E-state index in [9.17, 15) is 14.4 Å². The maximum atomic E-state index is 12.6. The molecule has 15 nitrogen and oxygen atoms in total.